The first-order valence-electron chi connectivity index (χ1n) is 9.99. The number of pyridine rings is 1. The van der Waals surface area contributed by atoms with E-state index in [4.69, 9.17) is 4.74 Å². The molecule has 3 aromatic rings. The van der Waals surface area contributed by atoms with Gasteiger partial charge in [-0.2, -0.15) is 5.10 Å². The number of nitrogens with zero attached hydrogens (tertiary/aromatic N) is 3. The highest BCUT2D eigenvalue weighted by atomic mass is 19.3. The van der Waals surface area contributed by atoms with Crippen LogP contribution in [-0.4, -0.2) is 51.5 Å². The molecule has 0 aliphatic rings. The number of aliphatic hydroxyl groups is 1. The van der Waals surface area contributed by atoms with Crippen LogP contribution in [0.3, 0.4) is 0 Å². The van der Waals surface area contributed by atoms with E-state index < -0.39 is 19.1 Å². The molecule has 2 heterocycles. The molecule has 2 N–H and O–H groups in total. The lowest BCUT2D eigenvalue weighted by Gasteiger charge is -2.14. The summed E-state index contributed by atoms with van der Waals surface area (Å²) in [6, 6.07) is 5.56. The summed E-state index contributed by atoms with van der Waals surface area (Å²) >= 11 is 0. The molecular formula is C22H26F2N4O3. The van der Waals surface area contributed by atoms with Crippen molar-refractivity contribution in [2.24, 2.45) is 0 Å². The molecule has 0 aliphatic carbocycles. The number of benzene rings is 1. The van der Waals surface area contributed by atoms with Gasteiger partial charge in [-0.15, -0.1) is 0 Å². The molecule has 0 radical (unpaired) electrons. The van der Waals surface area contributed by atoms with Gasteiger partial charge in [0.15, 0.2) is 0 Å². The van der Waals surface area contributed by atoms with Gasteiger partial charge in [0.1, 0.15) is 12.4 Å². The first-order valence-corrected chi connectivity index (χ1v) is 9.99. The molecule has 9 heteroatoms. The number of amides is 1. The van der Waals surface area contributed by atoms with Crippen LogP contribution in [0.25, 0.3) is 10.9 Å². The summed E-state index contributed by atoms with van der Waals surface area (Å²) in [5.41, 5.74) is 3.85. The largest absolute Gasteiger partial charge is 0.487 e. The van der Waals surface area contributed by atoms with Crippen LogP contribution in [0.4, 0.5) is 8.78 Å². The predicted molar refractivity (Wildman–Crippen MR) is 112 cm³/mol. The number of alkyl halides is 2. The van der Waals surface area contributed by atoms with Crippen molar-refractivity contribution in [3.05, 3.63) is 53.0 Å². The molecule has 0 bridgehead atoms. The van der Waals surface area contributed by atoms with Crippen molar-refractivity contribution in [3.8, 4) is 5.75 Å². The SMILES string of the molecule is Cc1cc(Cn2cc3c(CC(=O)NC[C@@H](C)O)nccc3n2)cc(C)c1OCC(F)F. The normalized spacial score (nSPS) is 12.4. The molecule has 166 valence electrons. The molecule has 3 rings (SSSR count). The number of carbonyl (C=O) groups is 1. The number of rotatable bonds is 9. The van der Waals surface area contributed by atoms with E-state index in [0.717, 1.165) is 27.6 Å². The van der Waals surface area contributed by atoms with Crippen LogP contribution in [0.15, 0.2) is 30.6 Å². The Morgan fingerprint density at radius 3 is 2.65 bits per heavy atom. The summed E-state index contributed by atoms with van der Waals surface area (Å²) in [7, 11) is 0. The quantitative estimate of drug-likeness (QED) is 0.543. The molecule has 0 aliphatic heterocycles. The van der Waals surface area contributed by atoms with Crippen LogP contribution in [0, 0.1) is 13.8 Å². The predicted octanol–water partition coefficient (Wildman–Crippen LogP) is 2.78. The number of carbonyl (C=O) groups excluding carboxylic acids is 1. The number of fused-ring (bicyclic) bond motifs is 1. The van der Waals surface area contributed by atoms with Crippen molar-refractivity contribution in [2.75, 3.05) is 13.2 Å². The van der Waals surface area contributed by atoms with Gasteiger partial charge in [-0.25, -0.2) is 8.78 Å². The van der Waals surface area contributed by atoms with Crippen molar-refractivity contribution in [1.29, 1.82) is 0 Å². The number of aromatic nitrogens is 3. The first-order chi connectivity index (χ1) is 14.7. The zero-order valence-electron chi connectivity index (χ0n) is 17.7. The van der Waals surface area contributed by atoms with E-state index in [1.165, 1.54) is 0 Å². The monoisotopic (exact) mass is 432 g/mol. The second kappa shape index (κ2) is 9.82. The van der Waals surface area contributed by atoms with Gasteiger partial charge < -0.3 is 15.2 Å². The van der Waals surface area contributed by atoms with Crippen LogP contribution < -0.4 is 10.1 Å². The molecule has 0 saturated carbocycles. The van der Waals surface area contributed by atoms with Crippen molar-refractivity contribution in [3.63, 3.8) is 0 Å². The number of nitrogens with one attached hydrogen (secondary N) is 1. The van der Waals surface area contributed by atoms with Gasteiger partial charge >= 0.3 is 0 Å². The van der Waals surface area contributed by atoms with Crippen LogP contribution in [-0.2, 0) is 17.8 Å². The van der Waals surface area contributed by atoms with Crippen molar-refractivity contribution in [1.82, 2.24) is 20.1 Å². The molecule has 31 heavy (non-hydrogen) atoms. The Kier molecular flexibility index (Phi) is 7.17. The van der Waals surface area contributed by atoms with Crippen LogP contribution in [0.2, 0.25) is 0 Å². The van der Waals surface area contributed by atoms with Gasteiger partial charge in [-0.3, -0.25) is 14.5 Å². The number of aryl methyl sites for hydroxylation is 2. The summed E-state index contributed by atoms with van der Waals surface area (Å²) < 4.78 is 31.9. The third-order valence-electron chi connectivity index (χ3n) is 4.70. The fourth-order valence-electron chi connectivity index (χ4n) is 3.44. The number of hydrogen-bond acceptors (Lipinski definition) is 5. The van der Waals surface area contributed by atoms with Gasteiger partial charge in [0.05, 0.1) is 30.3 Å². The van der Waals surface area contributed by atoms with Gasteiger partial charge in [-0.1, -0.05) is 12.1 Å². The highest BCUT2D eigenvalue weighted by Crippen LogP contribution is 2.26. The molecule has 0 saturated heterocycles. The molecule has 0 fully saturated rings. The minimum absolute atomic E-state index is 0.0874. The van der Waals surface area contributed by atoms with E-state index in [1.54, 1.807) is 23.9 Å². The fourth-order valence-corrected chi connectivity index (χ4v) is 3.44. The lowest BCUT2D eigenvalue weighted by atomic mass is 10.1. The lowest BCUT2D eigenvalue weighted by Crippen LogP contribution is -2.31. The van der Waals surface area contributed by atoms with E-state index in [0.29, 0.717) is 18.0 Å². The smallest absolute Gasteiger partial charge is 0.272 e. The number of ether oxygens (including phenoxy) is 1. The van der Waals surface area contributed by atoms with Crippen molar-refractivity contribution in [2.45, 2.75) is 46.3 Å². The fraction of sp³-hybridized carbons (Fsp3) is 0.409. The molecule has 7 nitrogen and oxygen atoms in total. The Bertz CT molecular complexity index is 1040. The van der Waals surface area contributed by atoms with Crippen LogP contribution in [0.5, 0.6) is 5.75 Å². The maximum atomic E-state index is 12.5. The van der Waals surface area contributed by atoms with E-state index in [1.807, 2.05) is 32.2 Å². The Hall–Kier alpha value is -3.07. The van der Waals surface area contributed by atoms with Crippen molar-refractivity contribution >= 4 is 16.8 Å². The summed E-state index contributed by atoms with van der Waals surface area (Å²) in [6.45, 7) is 5.27. The molecule has 1 aromatic carbocycles. The van der Waals surface area contributed by atoms with E-state index >= 15 is 0 Å². The lowest BCUT2D eigenvalue weighted by molar-refractivity contribution is -0.120. The zero-order chi connectivity index (χ0) is 22.5. The highest BCUT2D eigenvalue weighted by molar-refractivity contribution is 5.86. The molecule has 0 unspecified atom stereocenters. The van der Waals surface area contributed by atoms with Gasteiger partial charge in [-0.05, 0) is 43.5 Å². The van der Waals surface area contributed by atoms with E-state index in [2.05, 4.69) is 15.4 Å². The minimum atomic E-state index is -2.52. The van der Waals surface area contributed by atoms with Gasteiger partial charge in [0.2, 0.25) is 5.91 Å². The first kappa shape index (κ1) is 22.6. The standard InChI is InChI=1S/C22H26F2N4O3/c1-13-6-16(7-14(2)22(13)31-12-20(23)24)10-28-11-17-18(27-28)4-5-25-19(17)8-21(30)26-9-15(3)29/h4-7,11,15,20,29H,8-10,12H2,1-3H3,(H,26,30)/t15-/m1/s1. The Balaban J connectivity index is 1.78. The Labute approximate surface area is 179 Å². The number of halogens is 2. The van der Waals surface area contributed by atoms with E-state index in [-0.39, 0.29) is 18.9 Å². The molecule has 2 aromatic heterocycles. The topological polar surface area (TPSA) is 89.3 Å². The highest BCUT2D eigenvalue weighted by Gasteiger charge is 2.14. The zero-order valence-corrected chi connectivity index (χ0v) is 17.7. The third kappa shape index (κ3) is 5.97. The average molecular weight is 432 g/mol. The average Bonchev–Trinajstić information content (AvgIpc) is 3.09. The summed E-state index contributed by atoms with van der Waals surface area (Å²) in [5.74, 6) is 0.253. The molecule has 0 spiro atoms. The molecular weight excluding hydrogens is 406 g/mol. The maximum Gasteiger partial charge on any atom is 0.272 e. The summed E-state index contributed by atoms with van der Waals surface area (Å²) in [6.07, 6.45) is 0.400. The third-order valence-corrected chi connectivity index (χ3v) is 4.70. The maximum absolute atomic E-state index is 12.5. The van der Waals surface area contributed by atoms with E-state index in [9.17, 15) is 18.7 Å². The van der Waals surface area contributed by atoms with Gasteiger partial charge in [0, 0.05) is 24.3 Å². The molecule has 1 atom stereocenters. The second-order valence-corrected chi connectivity index (χ2v) is 7.61. The number of hydrogen-bond donors (Lipinski definition) is 2. The minimum Gasteiger partial charge on any atom is -0.487 e. The van der Waals surface area contributed by atoms with Crippen molar-refractivity contribution < 1.29 is 23.4 Å². The Morgan fingerprint density at radius 1 is 1.29 bits per heavy atom. The van der Waals surface area contributed by atoms with Gasteiger partial charge in [0.25, 0.3) is 6.43 Å². The molecule has 1 amide bonds. The number of aliphatic hydroxyl groups excluding tert-OH is 1. The Morgan fingerprint density at radius 2 is 2.00 bits per heavy atom. The summed E-state index contributed by atoms with van der Waals surface area (Å²) in [5, 5.41) is 17.3. The van der Waals surface area contributed by atoms with Crippen LogP contribution >= 0.6 is 0 Å². The van der Waals surface area contributed by atoms with Crippen LogP contribution in [0.1, 0.15) is 29.3 Å². The summed E-state index contributed by atoms with van der Waals surface area (Å²) in [4.78, 5) is 16.4. The second-order valence-electron chi connectivity index (χ2n) is 7.61.